The van der Waals surface area contributed by atoms with Crippen molar-refractivity contribution in [2.75, 3.05) is 6.54 Å². The molecule has 1 amide bonds. The Morgan fingerprint density at radius 3 is 2.72 bits per heavy atom. The Kier molecular flexibility index (Phi) is 4.88. The summed E-state index contributed by atoms with van der Waals surface area (Å²) in [6, 6.07) is 11.6. The maximum Gasteiger partial charge on any atom is 0.261 e. The van der Waals surface area contributed by atoms with Crippen molar-refractivity contribution >= 4 is 16.8 Å². The molecule has 0 atom stereocenters. The van der Waals surface area contributed by atoms with Crippen LogP contribution in [-0.2, 0) is 17.8 Å². The molecule has 5 nitrogen and oxygen atoms in total. The summed E-state index contributed by atoms with van der Waals surface area (Å²) in [7, 11) is 0. The zero-order chi connectivity index (χ0) is 17.8. The Balaban J connectivity index is 1.63. The number of hydrogen-bond acceptors (Lipinski definition) is 3. The van der Waals surface area contributed by atoms with E-state index < -0.39 is 0 Å². The number of aromatic nitrogens is 2. The zero-order valence-corrected chi connectivity index (χ0v) is 13.8. The molecule has 0 spiro atoms. The zero-order valence-electron chi connectivity index (χ0n) is 13.8. The first-order valence-corrected chi connectivity index (χ1v) is 8.00. The van der Waals surface area contributed by atoms with Crippen molar-refractivity contribution in [1.29, 1.82) is 0 Å². The standard InChI is InChI=1S/C19H18FN3O2/c1-13-2-7-17-16(10-13)19(25)23(12-22-17)11-18(24)21-9-8-14-3-5-15(20)6-4-14/h2-7,10,12H,8-9,11H2,1H3,(H,21,24). The molecule has 0 saturated heterocycles. The number of carbonyl (C=O) groups excluding carboxylic acids is 1. The highest BCUT2D eigenvalue weighted by atomic mass is 19.1. The van der Waals surface area contributed by atoms with E-state index >= 15 is 0 Å². The van der Waals surface area contributed by atoms with E-state index in [0.29, 0.717) is 23.9 Å². The SMILES string of the molecule is Cc1ccc2ncn(CC(=O)NCCc3ccc(F)cc3)c(=O)c2c1. The molecule has 0 unspecified atom stereocenters. The van der Waals surface area contributed by atoms with Crippen LogP contribution in [0.15, 0.2) is 53.6 Å². The highest BCUT2D eigenvalue weighted by molar-refractivity contribution is 5.79. The van der Waals surface area contributed by atoms with Crippen molar-refractivity contribution in [2.24, 2.45) is 0 Å². The minimum atomic E-state index is -0.286. The van der Waals surface area contributed by atoms with E-state index in [1.165, 1.54) is 23.0 Å². The third-order valence-corrected chi connectivity index (χ3v) is 3.94. The molecule has 1 N–H and O–H groups in total. The molecular formula is C19H18FN3O2. The lowest BCUT2D eigenvalue weighted by molar-refractivity contribution is -0.121. The van der Waals surface area contributed by atoms with Crippen molar-refractivity contribution in [3.63, 3.8) is 0 Å². The van der Waals surface area contributed by atoms with Gasteiger partial charge in [-0.25, -0.2) is 9.37 Å². The molecule has 0 bridgehead atoms. The number of carbonyl (C=O) groups is 1. The molecule has 0 fully saturated rings. The fourth-order valence-corrected chi connectivity index (χ4v) is 2.59. The van der Waals surface area contributed by atoms with E-state index in [4.69, 9.17) is 0 Å². The molecule has 0 radical (unpaired) electrons. The number of aryl methyl sites for hydroxylation is 1. The van der Waals surface area contributed by atoms with Crippen LogP contribution in [0.5, 0.6) is 0 Å². The largest absolute Gasteiger partial charge is 0.354 e. The molecule has 1 aromatic heterocycles. The molecule has 3 aromatic rings. The van der Waals surface area contributed by atoms with E-state index in [1.807, 2.05) is 13.0 Å². The van der Waals surface area contributed by atoms with Crippen molar-refractivity contribution in [3.8, 4) is 0 Å². The Bertz CT molecular complexity index is 965. The van der Waals surface area contributed by atoms with Crippen molar-refractivity contribution in [1.82, 2.24) is 14.9 Å². The lowest BCUT2D eigenvalue weighted by Gasteiger charge is -2.08. The average Bonchev–Trinajstić information content (AvgIpc) is 2.60. The average molecular weight is 339 g/mol. The predicted molar refractivity (Wildman–Crippen MR) is 93.9 cm³/mol. The second-order valence-electron chi connectivity index (χ2n) is 5.92. The first-order chi connectivity index (χ1) is 12.0. The lowest BCUT2D eigenvalue weighted by atomic mass is 10.1. The van der Waals surface area contributed by atoms with Crippen LogP contribution < -0.4 is 10.9 Å². The number of fused-ring (bicyclic) bond motifs is 1. The maximum absolute atomic E-state index is 12.8. The summed E-state index contributed by atoms with van der Waals surface area (Å²) in [5.41, 5.74) is 2.28. The number of hydrogen-bond donors (Lipinski definition) is 1. The molecule has 0 saturated carbocycles. The van der Waals surface area contributed by atoms with Crippen LogP contribution in [0.25, 0.3) is 10.9 Å². The topological polar surface area (TPSA) is 64.0 Å². The number of amides is 1. The molecule has 128 valence electrons. The van der Waals surface area contributed by atoms with Gasteiger partial charge in [0.2, 0.25) is 5.91 Å². The van der Waals surface area contributed by atoms with Gasteiger partial charge >= 0.3 is 0 Å². The number of benzene rings is 2. The fraction of sp³-hybridized carbons (Fsp3) is 0.211. The van der Waals surface area contributed by atoms with Crippen molar-refractivity contribution in [2.45, 2.75) is 19.9 Å². The molecule has 1 heterocycles. The Morgan fingerprint density at radius 1 is 1.20 bits per heavy atom. The number of nitrogens with zero attached hydrogens (tertiary/aromatic N) is 2. The molecule has 25 heavy (non-hydrogen) atoms. The van der Waals surface area contributed by atoms with Gasteiger partial charge in [0.1, 0.15) is 12.4 Å². The highest BCUT2D eigenvalue weighted by Gasteiger charge is 2.08. The van der Waals surface area contributed by atoms with E-state index in [1.54, 1.807) is 24.3 Å². The highest BCUT2D eigenvalue weighted by Crippen LogP contribution is 2.08. The van der Waals surface area contributed by atoms with E-state index in [9.17, 15) is 14.0 Å². The summed E-state index contributed by atoms with van der Waals surface area (Å²) in [6.07, 6.45) is 1.98. The predicted octanol–water partition coefficient (Wildman–Crippen LogP) is 2.20. The second kappa shape index (κ2) is 7.25. The molecule has 3 rings (SSSR count). The van der Waals surface area contributed by atoms with Crippen molar-refractivity contribution < 1.29 is 9.18 Å². The van der Waals surface area contributed by atoms with Gasteiger partial charge in [0.25, 0.3) is 5.56 Å². The first kappa shape index (κ1) is 16.8. The van der Waals surface area contributed by atoms with Gasteiger partial charge < -0.3 is 5.32 Å². The van der Waals surface area contributed by atoms with E-state index in [-0.39, 0.29) is 23.8 Å². The summed E-state index contributed by atoms with van der Waals surface area (Å²) < 4.78 is 14.1. The van der Waals surface area contributed by atoms with Gasteiger partial charge in [-0.2, -0.15) is 0 Å². The van der Waals surface area contributed by atoms with E-state index in [0.717, 1.165) is 11.1 Å². The van der Waals surface area contributed by atoms with Crippen LogP contribution in [-0.4, -0.2) is 22.0 Å². The smallest absolute Gasteiger partial charge is 0.261 e. The van der Waals surface area contributed by atoms with Gasteiger partial charge in [0.15, 0.2) is 0 Å². The summed E-state index contributed by atoms with van der Waals surface area (Å²) >= 11 is 0. The van der Waals surface area contributed by atoms with Gasteiger partial charge in [-0.15, -0.1) is 0 Å². The fourth-order valence-electron chi connectivity index (χ4n) is 2.59. The Morgan fingerprint density at radius 2 is 1.96 bits per heavy atom. The normalized spacial score (nSPS) is 10.8. The van der Waals surface area contributed by atoms with Crippen LogP contribution in [0.2, 0.25) is 0 Å². The van der Waals surface area contributed by atoms with Gasteiger partial charge in [-0.3, -0.25) is 14.2 Å². The maximum atomic E-state index is 12.8. The molecular weight excluding hydrogens is 321 g/mol. The first-order valence-electron chi connectivity index (χ1n) is 8.00. The third-order valence-electron chi connectivity index (χ3n) is 3.94. The van der Waals surface area contributed by atoms with Gasteiger partial charge in [0.05, 0.1) is 17.2 Å². The molecule has 2 aromatic carbocycles. The Hall–Kier alpha value is -3.02. The number of halogens is 1. The van der Waals surface area contributed by atoms with Crippen molar-refractivity contribution in [3.05, 3.63) is 76.1 Å². The van der Waals surface area contributed by atoms with Crippen LogP contribution in [0.3, 0.4) is 0 Å². The minimum absolute atomic E-state index is 0.0842. The number of rotatable bonds is 5. The second-order valence-corrected chi connectivity index (χ2v) is 5.92. The molecule has 0 aliphatic carbocycles. The van der Waals surface area contributed by atoms with Gasteiger partial charge in [-0.05, 0) is 43.2 Å². The molecule has 0 aliphatic rings. The van der Waals surface area contributed by atoms with Gasteiger partial charge in [-0.1, -0.05) is 23.8 Å². The quantitative estimate of drug-likeness (QED) is 0.775. The monoisotopic (exact) mass is 339 g/mol. The van der Waals surface area contributed by atoms with Gasteiger partial charge in [0, 0.05) is 6.54 Å². The van der Waals surface area contributed by atoms with Crippen LogP contribution in [0.4, 0.5) is 4.39 Å². The summed E-state index contributed by atoms with van der Waals surface area (Å²) in [5, 5.41) is 3.26. The summed E-state index contributed by atoms with van der Waals surface area (Å²) in [5.74, 6) is -0.552. The molecule has 6 heteroatoms. The number of nitrogens with one attached hydrogen (secondary N) is 1. The van der Waals surface area contributed by atoms with Crippen LogP contribution >= 0.6 is 0 Å². The van der Waals surface area contributed by atoms with Crippen LogP contribution in [0.1, 0.15) is 11.1 Å². The molecule has 0 aliphatic heterocycles. The summed E-state index contributed by atoms with van der Waals surface area (Å²) in [6.45, 7) is 2.23. The van der Waals surface area contributed by atoms with Crippen LogP contribution in [0, 0.1) is 12.7 Å². The lowest BCUT2D eigenvalue weighted by Crippen LogP contribution is -2.33. The minimum Gasteiger partial charge on any atom is -0.354 e. The van der Waals surface area contributed by atoms with E-state index in [2.05, 4.69) is 10.3 Å². The summed E-state index contributed by atoms with van der Waals surface area (Å²) in [4.78, 5) is 28.7. The Labute approximate surface area is 144 Å². The third kappa shape index (κ3) is 4.09.